The van der Waals surface area contributed by atoms with E-state index >= 15 is 0 Å². The molecule has 2 N–H and O–H groups in total. The first-order valence-electron chi connectivity index (χ1n) is 5.93. The molecule has 1 fully saturated rings. The number of amides is 1. The zero-order chi connectivity index (χ0) is 12.3. The van der Waals surface area contributed by atoms with Crippen molar-refractivity contribution in [1.82, 2.24) is 20.8 Å². The number of nitrogens with zero attached hydrogens (tertiary/aromatic N) is 2. The van der Waals surface area contributed by atoms with Crippen molar-refractivity contribution < 1.29 is 9.32 Å². The Morgan fingerprint density at radius 1 is 1.59 bits per heavy atom. The highest BCUT2D eigenvalue weighted by atomic mass is 16.5. The summed E-state index contributed by atoms with van der Waals surface area (Å²) in [6.45, 7) is 4.87. The average Bonchev–Trinajstić information content (AvgIpc) is 2.73. The van der Waals surface area contributed by atoms with Gasteiger partial charge < -0.3 is 15.2 Å². The molecular weight excluding hydrogens is 220 g/mol. The molecule has 6 nitrogen and oxygen atoms in total. The lowest BCUT2D eigenvalue weighted by Crippen LogP contribution is -2.56. The molecule has 1 unspecified atom stereocenters. The normalized spacial score (nSPS) is 24.6. The number of rotatable bonds is 3. The Morgan fingerprint density at radius 3 is 3.00 bits per heavy atom. The second-order valence-corrected chi connectivity index (χ2v) is 4.63. The molecule has 2 heterocycles. The number of carbonyl (C=O) groups is 1. The van der Waals surface area contributed by atoms with Gasteiger partial charge in [-0.25, -0.2) is 0 Å². The molecule has 1 atom stereocenters. The molecular formula is C11H18N4O2. The lowest BCUT2D eigenvalue weighted by atomic mass is 9.90. The fraction of sp³-hybridized carbons (Fsp3) is 0.727. The summed E-state index contributed by atoms with van der Waals surface area (Å²) in [5.74, 6) is 1.02. The van der Waals surface area contributed by atoms with Crippen molar-refractivity contribution >= 4 is 5.91 Å². The molecule has 6 heteroatoms. The Morgan fingerprint density at radius 2 is 2.41 bits per heavy atom. The van der Waals surface area contributed by atoms with Gasteiger partial charge in [0.25, 0.3) is 0 Å². The lowest BCUT2D eigenvalue weighted by molar-refractivity contribution is -0.128. The predicted octanol–water partition coefficient (Wildman–Crippen LogP) is 0.526. The second kappa shape index (κ2) is 4.83. The maximum Gasteiger partial charge on any atom is 0.240 e. The number of aromatic nitrogens is 2. The van der Waals surface area contributed by atoms with E-state index in [-0.39, 0.29) is 5.91 Å². The van der Waals surface area contributed by atoms with Gasteiger partial charge in [-0.15, -0.1) is 0 Å². The van der Waals surface area contributed by atoms with E-state index in [0.29, 0.717) is 18.3 Å². The number of hydrogen-bond acceptors (Lipinski definition) is 5. The highest BCUT2D eigenvalue weighted by Crippen LogP contribution is 2.18. The Hall–Kier alpha value is -1.43. The Kier molecular flexibility index (Phi) is 3.42. The molecule has 0 radical (unpaired) electrons. The molecule has 17 heavy (non-hydrogen) atoms. The van der Waals surface area contributed by atoms with Crippen LogP contribution < -0.4 is 10.6 Å². The van der Waals surface area contributed by atoms with Crippen LogP contribution in [0, 0.1) is 6.92 Å². The van der Waals surface area contributed by atoms with Gasteiger partial charge in [-0.1, -0.05) is 5.16 Å². The van der Waals surface area contributed by atoms with E-state index in [1.807, 2.05) is 6.92 Å². The van der Waals surface area contributed by atoms with E-state index in [0.717, 1.165) is 25.8 Å². The van der Waals surface area contributed by atoms with Crippen LogP contribution in [0.25, 0.3) is 0 Å². The van der Waals surface area contributed by atoms with E-state index < -0.39 is 5.54 Å². The Labute approximate surface area is 100 Å². The van der Waals surface area contributed by atoms with Gasteiger partial charge in [0.05, 0.1) is 12.1 Å². The van der Waals surface area contributed by atoms with Crippen molar-refractivity contribution in [2.75, 3.05) is 6.54 Å². The van der Waals surface area contributed by atoms with Gasteiger partial charge in [-0.05, 0) is 32.7 Å². The van der Waals surface area contributed by atoms with Crippen molar-refractivity contribution in [2.24, 2.45) is 0 Å². The van der Waals surface area contributed by atoms with Crippen LogP contribution in [0.3, 0.4) is 0 Å². The van der Waals surface area contributed by atoms with Crippen molar-refractivity contribution in [2.45, 2.75) is 45.2 Å². The lowest BCUT2D eigenvalue weighted by Gasteiger charge is -2.33. The maximum absolute atomic E-state index is 12.0. The van der Waals surface area contributed by atoms with Crippen LogP contribution in [0.15, 0.2) is 4.52 Å². The number of aryl methyl sites for hydroxylation is 1. The summed E-state index contributed by atoms with van der Waals surface area (Å²) in [5.41, 5.74) is -0.461. The highest BCUT2D eigenvalue weighted by Gasteiger charge is 2.33. The Balaban J connectivity index is 1.88. The van der Waals surface area contributed by atoms with Crippen LogP contribution in [0.5, 0.6) is 0 Å². The largest absolute Gasteiger partial charge is 0.347 e. The molecule has 1 aliphatic heterocycles. The molecule has 0 saturated carbocycles. The molecule has 0 bridgehead atoms. The molecule has 1 amide bonds. The fourth-order valence-corrected chi connectivity index (χ4v) is 2.02. The van der Waals surface area contributed by atoms with Crippen molar-refractivity contribution in [3.8, 4) is 0 Å². The zero-order valence-corrected chi connectivity index (χ0v) is 10.2. The Bertz CT molecular complexity index is 396. The maximum atomic E-state index is 12.0. The van der Waals surface area contributed by atoms with E-state index in [9.17, 15) is 4.79 Å². The van der Waals surface area contributed by atoms with Gasteiger partial charge in [0.1, 0.15) is 0 Å². The molecule has 0 spiro atoms. The van der Waals surface area contributed by atoms with Crippen LogP contribution in [-0.4, -0.2) is 28.1 Å². The third-order valence-electron chi connectivity index (χ3n) is 3.10. The van der Waals surface area contributed by atoms with Gasteiger partial charge >= 0.3 is 0 Å². The van der Waals surface area contributed by atoms with E-state index in [1.165, 1.54) is 0 Å². The monoisotopic (exact) mass is 238 g/mol. The van der Waals surface area contributed by atoms with Crippen LogP contribution in [-0.2, 0) is 11.3 Å². The minimum atomic E-state index is -0.461. The van der Waals surface area contributed by atoms with Crippen molar-refractivity contribution in [3.63, 3.8) is 0 Å². The SMILES string of the molecule is Cc1nc(CNC(=O)C2(C)CCCCN2)no1. The van der Waals surface area contributed by atoms with Gasteiger partial charge in [0.15, 0.2) is 5.82 Å². The summed E-state index contributed by atoms with van der Waals surface area (Å²) in [4.78, 5) is 16.1. The van der Waals surface area contributed by atoms with Crippen LogP contribution in [0.1, 0.15) is 37.9 Å². The standard InChI is InChI=1S/C11H18N4O2/c1-8-14-9(15-17-8)7-12-10(16)11(2)5-3-4-6-13-11/h13H,3-7H2,1-2H3,(H,12,16). The number of hydrogen-bond donors (Lipinski definition) is 2. The quantitative estimate of drug-likeness (QED) is 0.802. The van der Waals surface area contributed by atoms with E-state index in [1.54, 1.807) is 6.92 Å². The molecule has 0 aliphatic carbocycles. The summed E-state index contributed by atoms with van der Waals surface area (Å²) in [5, 5.41) is 9.83. The van der Waals surface area contributed by atoms with Gasteiger partial charge in [0, 0.05) is 6.92 Å². The first kappa shape index (κ1) is 12.0. The fourth-order valence-electron chi connectivity index (χ4n) is 2.02. The van der Waals surface area contributed by atoms with Gasteiger partial charge in [0.2, 0.25) is 11.8 Å². The third kappa shape index (κ3) is 2.82. The first-order valence-corrected chi connectivity index (χ1v) is 5.93. The summed E-state index contributed by atoms with van der Waals surface area (Å²) in [6.07, 6.45) is 3.08. The zero-order valence-electron chi connectivity index (χ0n) is 10.2. The summed E-state index contributed by atoms with van der Waals surface area (Å²) in [7, 11) is 0. The third-order valence-corrected chi connectivity index (χ3v) is 3.10. The molecule has 2 rings (SSSR count). The molecule has 1 aromatic heterocycles. The second-order valence-electron chi connectivity index (χ2n) is 4.63. The summed E-state index contributed by atoms with van der Waals surface area (Å²) >= 11 is 0. The van der Waals surface area contributed by atoms with Gasteiger partial charge in [-0.2, -0.15) is 4.98 Å². The van der Waals surface area contributed by atoms with Crippen LogP contribution in [0.4, 0.5) is 0 Å². The summed E-state index contributed by atoms with van der Waals surface area (Å²) < 4.78 is 4.84. The molecule has 0 aromatic carbocycles. The van der Waals surface area contributed by atoms with E-state index in [2.05, 4.69) is 20.8 Å². The average molecular weight is 238 g/mol. The number of carbonyl (C=O) groups excluding carboxylic acids is 1. The predicted molar refractivity (Wildman–Crippen MR) is 61.1 cm³/mol. The van der Waals surface area contributed by atoms with Gasteiger partial charge in [-0.3, -0.25) is 4.79 Å². The van der Waals surface area contributed by atoms with Crippen molar-refractivity contribution in [1.29, 1.82) is 0 Å². The minimum absolute atomic E-state index is 0.000321. The number of nitrogens with one attached hydrogen (secondary N) is 2. The summed E-state index contributed by atoms with van der Waals surface area (Å²) in [6, 6.07) is 0. The molecule has 94 valence electrons. The van der Waals surface area contributed by atoms with Crippen LogP contribution >= 0.6 is 0 Å². The first-order chi connectivity index (χ1) is 8.10. The number of piperidine rings is 1. The molecule has 1 aliphatic rings. The highest BCUT2D eigenvalue weighted by molar-refractivity contribution is 5.85. The van der Waals surface area contributed by atoms with E-state index in [4.69, 9.17) is 4.52 Å². The van der Waals surface area contributed by atoms with Crippen molar-refractivity contribution in [3.05, 3.63) is 11.7 Å². The van der Waals surface area contributed by atoms with Crippen LogP contribution in [0.2, 0.25) is 0 Å². The smallest absolute Gasteiger partial charge is 0.240 e. The topological polar surface area (TPSA) is 80.0 Å². The minimum Gasteiger partial charge on any atom is -0.347 e. The molecule has 1 saturated heterocycles. The molecule has 1 aromatic rings.